The summed E-state index contributed by atoms with van der Waals surface area (Å²) in [5, 5.41) is 3.03. The van der Waals surface area contributed by atoms with E-state index in [1.54, 1.807) is 15.9 Å². The third-order valence-electron chi connectivity index (χ3n) is 11.0. The molecule has 14 nitrogen and oxygen atoms in total. The summed E-state index contributed by atoms with van der Waals surface area (Å²) in [4.78, 5) is 75.4. The number of amides is 4. The molecule has 0 bridgehead atoms. The fourth-order valence-electron chi connectivity index (χ4n) is 8.34. The van der Waals surface area contributed by atoms with Crippen LogP contribution in [0.4, 0.5) is 15.3 Å². The van der Waals surface area contributed by atoms with E-state index in [4.69, 9.17) is 13.9 Å². The van der Waals surface area contributed by atoms with E-state index in [1.807, 2.05) is 42.2 Å². The van der Waals surface area contributed by atoms with E-state index in [2.05, 4.69) is 15.2 Å². The number of aromatic nitrogens is 1. The zero-order valence-corrected chi connectivity index (χ0v) is 29.2. The zero-order chi connectivity index (χ0) is 35.6. The molecule has 14 heteroatoms. The largest absolute Gasteiger partial charge is 0.468 e. The van der Waals surface area contributed by atoms with E-state index in [0.29, 0.717) is 75.1 Å². The number of anilines is 1. The van der Waals surface area contributed by atoms with Crippen LogP contribution < -0.4 is 11.1 Å². The molecule has 2 unspecified atom stereocenters. The quantitative estimate of drug-likeness (QED) is 0.351. The molecule has 51 heavy (non-hydrogen) atoms. The molecule has 272 valence electrons. The van der Waals surface area contributed by atoms with Gasteiger partial charge in [0.25, 0.3) is 5.91 Å². The second-order valence-corrected chi connectivity index (χ2v) is 14.1. The molecule has 4 aliphatic heterocycles. The zero-order valence-electron chi connectivity index (χ0n) is 29.2. The van der Waals surface area contributed by atoms with Crippen molar-refractivity contribution in [3.8, 4) is 0 Å². The molecule has 2 N–H and O–H groups in total. The molecule has 7 rings (SSSR count). The van der Waals surface area contributed by atoms with Crippen LogP contribution in [0.3, 0.4) is 0 Å². The molecule has 2 atom stereocenters. The predicted octanol–water partition coefficient (Wildman–Crippen LogP) is 3.66. The van der Waals surface area contributed by atoms with Gasteiger partial charge in [0, 0.05) is 56.9 Å². The van der Waals surface area contributed by atoms with Gasteiger partial charge in [-0.1, -0.05) is 24.3 Å². The SMILES string of the molecule is COC(=O)C1CCCN1C1CCN(C(=O)C(Cc2cc(C)c3[nH]c(=O)oc3c2)OC(=O)N2CCC(N3CCc4ccccc4NC3=O)CC2)CC1. The highest BCUT2D eigenvalue weighted by Gasteiger charge is 2.40. The summed E-state index contributed by atoms with van der Waals surface area (Å²) < 4.78 is 16.4. The van der Waals surface area contributed by atoms with Gasteiger partial charge in [-0.3, -0.25) is 19.5 Å². The average molecular weight is 703 g/mol. The van der Waals surface area contributed by atoms with Gasteiger partial charge in [-0.05, 0) is 87.2 Å². The Bertz CT molecular complexity index is 1840. The van der Waals surface area contributed by atoms with Crippen LogP contribution >= 0.6 is 0 Å². The standard InChI is InChI=1S/C37H46N6O8/c1-23-20-24(21-30-32(23)39-36(47)50-30)22-31(33(44)40-15-10-26(11-16-40)42-14-5-8-29(42)34(45)49-2)51-37(48)41-17-12-27(13-18-41)43-19-9-25-6-3-4-7-28(25)38-35(43)46/h3-4,6-7,20-21,26-27,29,31H,5,8-19,22H2,1-2H3,(H,38,46)(H,39,47). The number of carbonyl (C=O) groups is 4. The number of ether oxygens (including phenoxy) is 2. The van der Waals surface area contributed by atoms with Gasteiger partial charge in [-0.2, -0.15) is 0 Å². The van der Waals surface area contributed by atoms with Crippen molar-refractivity contribution >= 4 is 40.8 Å². The number of piperidine rings is 2. The minimum Gasteiger partial charge on any atom is -0.468 e. The van der Waals surface area contributed by atoms with Gasteiger partial charge >= 0.3 is 23.8 Å². The van der Waals surface area contributed by atoms with Crippen molar-refractivity contribution < 1.29 is 33.1 Å². The molecule has 2 aromatic carbocycles. The Balaban J connectivity index is 1.02. The highest BCUT2D eigenvalue weighted by atomic mass is 16.6. The van der Waals surface area contributed by atoms with Crippen molar-refractivity contribution in [3.05, 3.63) is 63.6 Å². The van der Waals surface area contributed by atoms with Crippen LogP contribution in [0.15, 0.2) is 45.6 Å². The summed E-state index contributed by atoms with van der Waals surface area (Å²) in [5.41, 5.74) is 4.38. The maximum atomic E-state index is 14.2. The molecule has 4 aliphatic rings. The second kappa shape index (κ2) is 14.8. The number of aromatic amines is 1. The molecule has 3 aromatic rings. The van der Waals surface area contributed by atoms with Crippen LogP contribution in [-0.4, -0.2) is 119 Å². The van der Waals surface area contributed by atoms with E-state index in [1.165, 1.54) is 7.11 Å². The Labute approximate surface area is 296 Å². The molecule has 0 spiro atoms. The minimum absolute atomic E-state index is 0.0258. The van der Waals surface area contributed by atoms with Crippen molar-refractivity contribution in [3.63, 3.8) is 0 Å². The van der Waals surface area contributed by atoms with Crippen molar-refractivity contribution in [1.29, 1.82) is 0 Å². The lowest BCUT2D eigenvalue weighted by atomic mass is 9.99. The van der Waals surface area contributed by atoms with Crippen LogP contribution in [-0.2, 0) is 31.9 Å². The predicted molar refractivity (Wildman–Crippen MR) is 187 cm³/mol. The van der Waals surface area contributed by atoms with E-state index >= 15 is 0 Å². The number of esters is 1. The van der Waals surface area contributed by atoms with Crippen molar-refractivity contribution in [1.82, 2.24) is 24.6 Å². The number of nitrogens with zero attached hydrogens (tertiary/aromatic N) is 4. The summed E-state index contributed by atoms with van der Waals surface area (Å²) in [6, 6.07) is 11.1. The van der Waals surface area contributed by atoms with E-state index in [-0.39, 0.29) is 42.5 Å². The molecule has 0 radical (unpaired) electrons. The van der Waals surface area contributed by atoms with Crippen LogP contribution in [0.1, 0.15) is 55.2 Å². The summed E-state index contributed by atoms with van der Waals surface area (Å²) >= 11 is 0. The van der Waals surface area contributed by atoms with Gasteiger partial charge in [-0.15, -0.1) is 0 Å². The summed E-state index contributed by atoms with van der Waals surface area (Å²) in [6.07, 6.45) is 3.47. The molecular formula is C37H46N6O8. The van der Waals surface area contributed by atoms with Crippen molar-refractivity contribution in [2.24, 2.45) is 0 Å². The van der Waals surface area contributed by atoms with Gasteiger partial charge in [0.15, 0.2) is 11.7 Å². The first kappa shape index (κ1) is 34.6. The topological polar surface area (TPSA) is 158 Å². The fourth-order valence-corrected chi connectivity index (χ4v) is 8.34. The maximum absolute atomic E-state index is 14.2. The number of fused-ring (bicyclic) bond motifs is 2. The first-order valence-electron chi connectivity index (χ1n) is 18.0. The number of hydrogen-bond donors (Lipinski definition) is 2. The highest BCUT2D eigenvalue weighted by Crippen LogP contribution is 2.29. The van der Waals surface area contributed by atoms with Gasteiger partial charge in [0.2, 0.25) is 0 Å². The normalized spacial score (nSPS) is 21.3. The van der Waals surface area contributed by atoms with Gasteiger partial charge in [0.05, 0.1) is 12.6 Å². The van der Waals surface area contributed by atoms with Gasteiger partial charge in [-0.25, -0.2) is 14.4 Å². The van der Waals surface area contributed by atoms with E-state index in [0.717, 1.165) is 42.6 Å². The van der Waals surface area contributed by atoms with Crippen LogP contribution in [0.2, 0.25) is 0 Å². The number of para-hydroxylation sites is 1. The number of H-pyrrole nitrogens is 1. The molecule has 4 amide bonds. The third kappa shape index (κ3) is 7.32. The molecule has 0 aliphatic carbocycles. The molecule has 3 saturated heterocycles. The number of urea groups is 1. The van der Waals surface area contributed by atoms with Crippen LogP contribution in [0.5, 0.6) is 0 Å². The Morgan fingerprint density at radius 1 is 0.922 bits per heavy atom. The molecule has 1 aromatic heterocycles. The number of rotatable bonds is 7. The second-order valence-electron chi connectivity index (χ2n) is 14.1. The lowest BCUT2D eigenvalue weighted by molar-refractivity contribution is -0.148. The smallest absolute Gasteiger partial charge is 0.417 e. The lowest BCUT2D eigenvalue weighted by Crippen LogP contribution is -2.53. The number of aryl methyl sites for hydroxylation is 1. The number of nitrogens with one attached hydrogen (secondary N) is 2. The van der Waals surface area contributed by atoms with E-state index in [9.17, 15) is 24.0 Å². The summed E-state index contributed by atoms with van der Waals surface area (Å²) in [5.74, 6) is -1.06. The van der Waals surface area contributed by atoms with Crippen LogP contribution in [0.25, 0.3) is 11.1 Å². The number of oxazole rings is 1. The Morgan fingerprint density at radius 2 is 1.65 bits per heavy atom. The maximum Gasteiger partial charge on any atom is 0.417 e. The van der Waals surface area contributed by atoms with Gasteiger partial charge < -0.3 is 33.9 Å². The third-order valence-corrected chi connectivity index (χ3v) is 11.0. The van der Waals surface area contributed by atoms with Gasteiger partial charge in [0.1, 0.15) is 6.04 Å². The minimum atomic E-state index is -1.10. The highest BCUT2D eigenvalue weighted by molar-refractivity contribution is 5.91. The van der Waals surface area contributed by atoms with Crippen molar-refractivity contribution in [2.75, 3.05) is 51.7 Å². The lowest BCUT2D eigenvalue weighted by Gasteiger charge is -2.40. The molecule has 5 heterocycles. The number of methoxy groups -OCH3 is 1. The Kier molecular flexibility index (Phi) is 10.0. The monoisotopic (exact) mass is 702 g/mol. The summed E-state index contributed by atoms with van der Waals surface area (Å²) in [7, 11) is 1.42. The first-order valence-corrected chi connectivity index (χ1v) is 18.0. The molecule has 3 fully saturated rings. The molecular weight excluding hydrogens is 656 g/mol. The number of likely N-dealkylation sites (tertiary alicyclic amines) is 3. The Hall–Kier alpha value is -4.85. The fraction of sp³-hybridized carbons (Fsp3) is 0.541. The van der Waals surface area contributed by atoms with Crippen LogP contribution in [0, 0.1) is 6.92 Å². The number of hydrogen-bond acceptors (Lipinski definition) is 9. The molecule has 0 saturated carbocycles. The van der Waals surface area contributed by atoms with Crippen molar-refractivity contribution in [2.45, 2.75) is 82.5 Å². The number of benzene rings is 2. The first-order chi connectivity index (χ1) is 24.7. The van der Waals surface area contributed by atoms with E-state index < -0.39 is 18.0 Å². The summed E-state index contributed by atoms with van der Waals surface area (Å²) in [6.45, 7) is 4.99. The number of carbonyl (C=O) groups excluding carboxylic acids is 4. The average Bonchev–Trinajstić information content (AvgIpc) is 3.74. The Morgan fingerprint density at radius 3 is 2.41 bits per heavy atom.